The van der Waals surface area contributed by atoms with E-state index in [1.807, 2.05) is 25.6 Å². The molecule has 1 aromatic rings. The predicted octanol–water partition coefficient (Wildman–Crippen LogP) is 3.38. The summed E-state index contributed by atoms with van der Waals surface area (Å²) < 4.78 is 0. The van der Waals surface area contributed by atoms with Crippen molar-refractivity contribution in [3.63, 3.8) is 0 Å². The van der Waals surface area contributed by atoms with E-state index in [0.29, 0.717) is 5.25 Å². The molecule has 78 valence electrons. The quantitative estimate of drug-likeness (QED) is 0.772. The molecular formula is C12H19NS. The van der Waals surface area contributed by atoms with Gasteiger partial charge in [0.2, 0.25) is 0 Å². The van der Waals surface area contributed by atoms with E-state index in [4.69, 9.17) is 5.73 Å². The maximum atomic E-state index is 6.00. The molecule has 0 aliphatic heterocycles. The van der Waals surface area contributed by atoms with Crippen molar-refractivity contribution < 1.29 is 0 Å². The van der Waals surface area contributed by atoms with Crippen molar-refractivity contribution in [2.45, 2.75) is 43.4 Å². The Labute approximate surface area is 91.1 Å². The van der Waals surface area contributed by atoms with Gasteiger partial charge in [-0.05, 0) is 31.5 Å². The highest BCUT2D eigenvalue weighted by molar-refractivity contribution is 7.99. The second kappa shape index (κ2) is 4.37. The largest absolute Gasteiger partial charge is 0.322 e. The number of rotatable bonds is 3. The maximum absolute atomic E-state index is 6.00. The van der Waals surface area contributed by atoms with Gasteiger partial charge in [-0.15, -0.1) is 11.8 Å². The molecular weight excluding hydrogens is 190 g/mol. The molecule has 0 aromatic heterocycles. The van der Waals surface area contributed by atoms with E-state index in [1.54, 1.807) is 0 Å². The van der Waals surface area contributed by atoms with E-state index < -0.39 is 0 Å². The van der Waals surface area contributed by atoms with Gasteiger partial charge in [0.25, 0.3) is 0 Å². The summed E-state index contributed by atoms with van der Waals surface area (Å²) in [5.74, 6) is 0. The summed E-state index contributed by atoms with van der Waals surface area (Å²) in [6, 6.07) is 8.53. The molecule has 0 radical (unpaired) electrons. The average molecular weight is 209 g/mol. The van der Waals surface area contributed by atoms with Crippen molar-refractivity contribution in [2.24, 2.45) is 5.73 Å². The van der Waals surface area contributed by atoms with Gasteiger partial charge in [-0.3, -0.25) is 0 Å². The number of nitrogens with two attached hydrogens (primary N) is 1. The van der Waals surface area contributed by atoms with Crippen molar-refractivity contribution in [2.75, 3.05) is 0 Å². The fourth-order valence-corrected chi connectivity index (χ4v) is 2.07. The molecule has 1 nitrogen and oxygen atoms in total. The summed E-state index contributed by atoms with van der Waals surface area (Å²) in [4.78, 5) is 1.31. The van der Waals surface area contributed by atoms with Crippen molar-refractivity contribution in [1.29, 1.82) is 0 Å². The lowest BCUT2D eigenvalue weighted by Crippen LogP contribution is -2.28. The Kier molecular flexibility index (Phi) is 3.62. The van der Waals surface area contributed by atoms with Crippen LogP contribution in [0.15, 0.2) is 29.2 Å². The smallest absolute Gasteiger partial charge is 0.0352 e. The first-order valence-electron chi connectivity index (χ1n) is 4.95. The highest BCUT2D eigenvalue weighted by Gasteiger charge is 2.13. The topological polar surface area (TPSA) is 26.0 Å². The SMILES string of the molecule is CC(C)Sc1ccc(C(C)(C)N)cc1. The Morgan fingerprint density at radius 3 is 2.00 bits per heavy atom. The second-order valence-corrected chi connectivity index (χ2v) is 6.06. The van der Waals surface area contributed by atoms with Crippen LogP contribution in [0.3, 0.4) is 0 Å². The lowest BCUT2D eigenvalue weighted by Gasteiger charge is -2.19. The van der Waals surface area contributed by atoms with E-state index in [2.05, 4.69) is 38.1 Å². The van der Waals surface area contributed by atoms with Crippen LogP contribution in [-0.2, 0) is 5.54 Å². The molecule has 0 aliphatic carbocycles. The minimum absolute atomic E-state index is 0.235. The van der Waals surface area contributed by atoms with Crippen LogP contribution in [0.25, 0.3) is 0 Å². The van der Waals surface area contributed by atoms with Crippen molar-refractivity contribution in [3.8, 4) is 0 Å². The van der Waals surface area contributed by atoms with Crippen LogP contribution >= 0.6 is 11.8 Å². The van der Waals surface area contributed by atoms with Gasteiger partial charge in [-0.2, -0.15) is 0 Å². The molecule has 1 rings (SSSR count). The molecule has 0 saturated carbocycles. The Hall–Kier alpha value is -0.470. The first kappa shape index (κ1) is 11.6. The molecule has 0 heterocycles. The monoisotopic (exact) mass is 209 g/mol. The van der Waals surface area contributed by atoms with E-state index in [0.717, 1.165) is 0 Å². The van der Waals surface area contributed by atoms with Crippen LogP contribution in [-0.4, -0.2) is 5.25 Å². The van der Waals surface area contributed by atoms with Crippen LogP contribution in [0.1, 0.15) is 33.3 Å². The summed E-state index contributed by atoms with van der Waals surface area (Å²) in [7, 11) is 0. The minimum Gasteiger partial charge on any atom is -0.322 e. The maximum Gasteiger partial charge on any atom is 0.0352 e. The molecule has 0 atom stereocenters. The molecule has 2 N–H and O–H groups in total. The molecule has 14 heavy (non-hydrogen) atoms. The first-order valence-corrected chi connectivity index (χ1v) is 5.83. The van der Waals surface area contributed by atoms with Crippen LogP contribution in [0.4, 0.5) is 0 Å². The normalized spacial score (nSPS) is 12.1. The zero-order valence-electron chi connectivity index (χ0n) is 9.37. The summed E-state index contributed by atoms with van der Waals surface area (Å²) in [6.45, 7) is 8.45. The molecule has 0 saturated heterocycles. The van der Waals surface area contributed by atoms with Crippen LogP contribution in [0, 0.1) is 0 Å². The second-order valence-electron chi connectivity index (χ2n) is 4.41. The van der Waals surface area contributed by atoms with Crippen LogP contribution in [0.5, 0.6) is 0 Å². The Morgan fingerprint density at radius 1 is 1.14 bits per heavy atom. The third-order valence-corrected chi connectivity index (χ3v) is 2.99. The molecule has 0 amide bonds. The zero-order chi connectivity index (χ0) is 10.8. The van der Waals surface area contributed by atoms with Gasteiger partial charge in [0.05, 0.1) is 0 Å². The summed E-state index contributed by atoms with van der Waals surface area (Å²) in [6.07, 6.45) is 0. The Balaban J connectivity index is 2.79. The number of thioether (sulfide) groups is 1. The van der Waals surface area contributed by atoms with E-state index in [9.17, 15) is 0 Å². The highest BCUT2D eigenvalue weighted by Crippen LogP contribution is 2.25. The zero-order valence-corrected chi connectivity index (χ0v) is 10.2. The molecule has 2 heteroatoms. The van der Waals surface area contributed by atoms with Crippen molar-refractivity contribution >= 4 is 11.8 Å². The Morgan fingerprint density at radius 2 is 1.64 bits per heavy atom. The number of hydrogen-bond acceptors (Lipinski definition) is 2. The molecule has 0 bridgehead atoms. The minimum atomic E-state index is -0.235. The van der Waals surface area contributed by atoms with Crippen molar-refractivity contribution in [3.05, 3.63) is 29.8 Å². The summed E-state index contributed by atoms with van der Waals surface area (Å²) >= 11 is 1.88. The molecule has 1 aromatic carbocycles. The fourth-order valence-electron chi connectivity index (χ4n) is 1.24. The van der Waals surface area contributed by atoms with E-state index >= 15 is 0 Å². The third kappa shape index (κ3) is 3.35. The van der Waals surface area contributed by atoms with Crippen LogP contribution in [0.2, 0.25) is 0 Å². The Bertz CT molecular complexity index is 282. The van der Waals surface area contributed by atoms with Crippen molar-refractivity contribution in [1.82, 2.24) is 0 Å². The van der Waals surface area contributed by atoms with Gasteiger partial charge < -0.3 is 5.73 Å². The summed E-state index contributed by atoms with van der Waals surface area (Å²) in [5, 5.41) is 0.631. The molecule has 0 spiro atoms. The van der Waals surface area contributed by atoms with Gasteiger partial charge in [0, 0.05) is 15.7 Å². The first-order chi connectivity index (χ1) is 6.39. The molecule has 0 aliphatic rings. The van der Waals surface area contributed by atoms with E-state index in [1.165, 1.54) is 10.5 Å². The summed E-state index contributed by atoms with van der Waals surface area (Å²) in [5.41, 5.74) is 6.95. The highest BCUT2D eigenvalue weighted by atomic mass is 32.2. The number of hydrogen-bond donors (Lipinski definition) is 1. The molecule has 0 fully saturated rings. The van der Waals surface area contributed by atoms with Gasteiger partial charge in [0.1, 0.15) is 0 Å². The molecule has 0 unspecified atom stereocenters. The third-order valence-electron chi connectivity index (χ3n) is 1.97. The average Bonchev–Trinajstić information content (AvgIpc) is 2.02. The van der Waals surface area contributed by atoms with Crippen LogP contribution < -0.4 is 5.73 Å². The van der Waals surface area contributed by atoms with Gasteiger partial charge in [-0.25, -0.2) is 0 Å². The predicted molar refractivity (Wildman–Crippen MR) is 64.6 cm³/mol. The van der Waals surface area contributed by atoms with E-state index in [-0.39, 0.29) is 5.54 Å². The lowest BCUT2D eigenvalue weighted by atomic mass is 9.96. The van der Waals surface area contributed by atoms with Gasteiger partial charge in [0.15, 0.2) is 0 Å². The number of benzene rings is 1. The lowest BCUT2D eigenvalue weighted by molar-refractivity contribution is 0.554. The fraction of sp³-hybridized carbons (Fsp3) is 0.500. The van der Waals surface area contributed by atoms with Gasteiger partial charge >= 0.3 is 0 Å². The van der Waals surface area contributed by atoms with Gasteiger partial charge in [-0.1, -0.05) is 26.0 Å². The standard InChI is InChI=1S/C12H19NS/c1-9(2)14-11-7-5-10(6-8-11)12(3,4)13/h5-9H,13H2,1-4H3.